The fourth-order valence-electron chi connectivity index (χ4n) is 3.31. The van der Waals surface area contributed by atoms with E-state index in [2.05, 4.69) is 20.8 Å². The zero-order chi connectivity index (χ0) is 22.1. The third kappa shape index (κ3) is 7.44. The molecule has 2 aliphatic rings. The lowest BCUT2D eigenvalue weighted by molar-refractivity contribution is -0.151. The van der Waals surface area contributed by atoms with Gasteiger partial charge in [0.1, 0.15) is 17.1 Å². The zero-order valence-corrected chi connectivity index (χ0v) is 20.8. The summed E-state index contributed by atoms with van der Waals surface area (Å²) in [6, 6.07) is 7.46. The van der Waals surface area contributed by atoms with E-state index >= 15 is 0 Å². The van der Waals surface area contributed by atoms with E-state index in [9.17, 15) is 24.6 Å². The third-order valence-electron chi connectivity index (χ3n) is 4.87. The lowest BCUT2D eigenvalue weighted by Gasteiger charge is -2.49. The number of carbonyl (C=O) groups is 3. The van der Waals surface area contributed by atoms with Gasteiger partial charge in [0.2, 0.25) is 5.16 Å². The third-order valence-corrected chi connectivity index (χ3v) is 7.30. The Morgan fingerprint density at radius 3 is 2.32 bits per heavy atom. The first-order valence-electron chi connectivity index (χ1n) is 9.17. The topological polar surface area (TPSA) is 340 Å². The number of benzene rings is 1. The second-order valence-electron chi connectivity index (χ2n) is 6.84. The van der Waals surface area contributed by atoms with Crippen molar-refractivity contribution in [1.82, 2.24) is 30.4 Å². The van der Waals surface area contributed by atoms with Crippen molar-refractivity contribution in [3.63, 3.8) is 0 Å². The summed E-state index contributed by atoms with van der Waals surface area (Å²) in [7, 11) is 1.68. The molecule has 0 radical (unpaired) electrons. The molecule has 1 fully saturated rings. The monoisotopic (exact) mass is 570 g/mol. The minimum absolute atomic E-state index is 0. The lowest BCUT2D eigenvalue weighted by Crippen LogP contribution is -2.70. The Bertz CT molecular complexity index is 1070. The average molecular weight is 571 g/mol. The Balaban J connectivity index is -0.00000193. The standard InChI is InChI=1S/C18H18N6O5S2.6H2O/c1-23-18(20-21-22-23)31-8-10-7-30-16-11(15(27)24(16)12(10)17(28)29)19-14(26)13(25)9-5-3-2-4-6-9;;;;;;/h2-6,11,13,16,25H,7-8H2,1H3,(H,19,26)(H,28,29);6*1H2/t11-,13-,16-;;;;;;/m1....../s1. The van der Waals surface area contributed by atoms with Gasteiger partial charge in [-0.25, -0.2) is 9.48 Å². The smallest absolute Gasteiger partial charge is 0.352 e. The number of hydrogen-bond donors (Lipinski definition) is 3. The van der Waals surface area contributed by atoms with Crippen LogP contribution in [0.3, 0.4) is 0 Å². The molecule has 3 heterocycles. The van der Waals surface area contributed by atoms with E-state index in [0.717, 1.165) is 0 Å². The van der Waals surface area contributed by atoms with Gasteiger partial charge in [0.15, 0.2) is 6.10 Å². The van der Waals surface area contributed by atoms with Crippen LogP contribution in [-0.4, -0.2) is 109 Å². The molecular formula is C18H30N6O11S2. The molecule has 37 heavy (non-hydrogen) atoms. The molecule has 17 nitrogen and oxygen atoms in total. The van der Waals surface area contributed by atoms with Gasteiger partial charge in [-0.2, -0.15) is 0 Å². The number of aromatic nitrogens is 4. The van der Waals surface area contributed by atoms with Gasteiger partial charge < -0.3 is 48.4 Å². The molecule has 1 aromatic heterocycles. The number of β-lactam (4-membered cyclic amide) rings is 1. The molecule has 0 aliphatic carbocycles. The summed E-state index contributed by atoms with van der Waals surface area (Å²) < 4.78 is 1.48. The number of aliphatic carboxylic acids is 1. The van der Waals surface area contributed by atoms with E-state index < -0.39 is 35.3 Å². The number of amides is 2. The van der Waals surface area contributed by atoms with Crippen molar-refractivity contribution in [1.29, 1.82) is 0 Å². The molecule has 3 atom stereocenters. The van der Waals surface area contributed by atoms with Crippen molar-refractivity contribution in [3.05, 3.63) is 47.2 Å². The zero-order valence-electron chi connectivity index (χ0n) is 19.2. The van der Waals surface area contributed by atoms with E-state index in [1.54, 1.807) is 37.4 Å². The Hall–Kier alpha value is -3.14. The summed E-state index contributed by atoms with van der Waals surface area (Å²) in [5, 5.41) is 33.6. The molecule has 210 valence electrons. The summed E-state index contributed by atoms with van der Waals surface area (Å²) in [4.78, 5) is 38.2. The van der Waals surface area contributed by atoms with Gasteiger partial charge in [-0.1, -0.05) is 42.1 Å². The minimum atomic E-state index is -1.42. The molecule has 0 unspecified atom stereocenters. The van der Waals surface area contributed by atoms with Crippen LogP contribution in [0.1, 0.15) is 11.7 Å². The van der Waals surface area contributed by atoms with Crippen molar-refractivity contribution in [2.24, 2.45) is 7.05 Å². The number of carboxylic acids is 1. The highest BCUT2D eigenvalue weighted by Gasteiger charge is 2.54. The fourth-order valence-corrected chi connectivity index (χ4v) is 5.64. The van der Waals surface area contributed by atoms with Gasteiger partial charge in [-0.15, -0.1) is 16.9 Å². The molecular weight excluding hydrogens is 540 g/mol. The molecule has 4 rings (SSSR count). The molecule has 15 N–H and O–H groups in total. The maximum absolute atomic E-state index is 12.7. The van der Waals surface area contributed by atoms with E-state index in [0.29, 0.717) is 27.8 Å². The second-order valence-corrected chi connectivity index (χ2v) is 8.89. The van der Waals surface area contributed by atoms with Gasteiger partial charge in [0.25, 0.3) is 11.8 Å². The van der Waals surface area contributed by atoms with Crippen molar-refractivity contribution < 1.29 is 57.5 Å². The van der Waals surface area contributed by atoms with Gasteiger partial charge >= 0.3 is 5.97 Å². The minimum Gasteiger partial charge on any atom is -0.477 e. The van der Waals surface area contributed by atoms with Gasteiger partial charge in [0.05, 0.1) is 0 Å². The van der Waals surface area contributed by atoms with Crippen molar-refractivity contribution >= 4 is 41.3 Å². The Labute approximate surface area is 217 Å². The number of thioether (sulfide) groups is 2. The summed E-state index contributed by atoms with van der Waals surface area (Å²) in [6.45, 7) is 0. The number of aliphatic hydroxyl groups excluding tert-OH is 1. The van der Waals surface area contributed by atoms with Crippen LogP contribution in [0.2, 0.25) is 0 Å². The molecule has 1 saturated heterocycles. The molecule has 2 aromatic rings. The molecule has 19 heteroatoms. The van der Waals surface area contributed by atoms with Crippen LogP contribution in [0.5, 0.6) is 0 Å². The van der Waals surface area contributed by atoms with Crippen LogP contribution in [0, 0.1) is 0 Å². The SMILES string of the molecule is Cn1nnnc1SCC1=C(C(=O)O)N2C(=O)[C@@H](NC(=O)[C@H](O)c3ccccc3)[C@H]2SC1.O.O.O.O.O.O. The van der Waals surface area contributed by atoms with E-state index in [-0.39, 0.29) is 38.6 Å². The highest BCUT2D eigenvalue weighted by molar-refractivity contribution is 8.01. The Kier molecular flexibility index (Phi) is 16.5. The molecule has 2 amide bonds. The number of nitrogens with zero attached hydrogens (tertiary/aromatic N) is 5. The largest absolute Gasteiger partial charge is 0.477 e. The lowest BCUT2D eigenvalue weighted by atomic mass is 10.0. The molecule has 0 bridgehead atoms. The van der Waals surface area contributed by atoms with Gasteiger partial charge in [0, 0.05) is 18.6 Å². The summed E-state index contributed by atoms with van der Waals surface area (Å²) in [5.74, 6) is -1.75. The van der Waals surface area contributed by atoms with Gasteiger partial charge in [-0.05, 0) is 21.6 Å². The first kappa shape index (κ1) is 38.4. The fraction of sp³-hybridized carbons (Fsp3) is 0.333. The normalized spacial score (nSPS) is 17.9. The molecule has 2 aliphatic heterocycles. The Morgan fingerprint density at radius 2 is 1.78 bits per heavy atom. The van der Waals surface area contributed by atoms with Crippen molar-refractivity contribution in [2.75, 3.05) is 11.5 Å². The maximum Gasteiger partial charge on any atom is 0.352 e. The number of nitrogens with one attached hydrogen (secondary N) is 1. The number of fused-ring (bicyclic) bond motifs is 1. The number of aryl methyl sites for hydroxylation is 1. The number of hydrogen-bond acceptors (Lipinski definition) is 9. The maximum atomic E-state index is 12.7. The second kappa shape index (κ2) is 15.9. The van der Waals surface area contributed by atoms with E-state index in [4.69, 9.17) is 0 Å². The molecule has 0 spiro atoms. The van der Waals surface area contributed by atoms with Crippen molar-refractivity contribution in [2.45, 2.75) is 22.7 Å². The highest BCUT2D eigenvalue weighted by Crippen LogP contribution is 2.41. The van der Waals surface area contributed by atoms with Crippen LogP contribution >= 0.6 is 23.5 Å². The number of tetrazole rings is 1. The van der Waals surface area contributed by atoms with Crippen molar-refractivity contribution in [3.8, 4) is 0 Å². The predicted octanol–water partition coefficient (Wildman–Crippen LogP) is -5.17. The molecule has 0 saturated carbocycles. The van der Waals surface area contributed by atoms with Crippen LogP contribution in [0.25, 0.3) is 0 Å². The first-order chi connectivity index (χ1) is 14.9. The quantitative estimate of drug-likeness (QED) is 0.210. The highest BCUT2D eigenvalue weighted by atomic mass is 32.2. The molecule has 1 aromatic carbocycles. The number of aliphatic hydroxyl groups is 1. The average Bonchev–Trinajstić information content (AvgIpc) is 3.19. The number of carbonyl (C=O) groups excluding carboxylic acids is 2. The van der Waals surface area contributed by atoms with E-state index in [1.807, 2.05) is 0 Å². The summed E-state index contributed by atoms with van der Waals surface area (Å²) >= 11 is 2.64. The number of carboxylic acid groups (broad SMARTS) is 1. The summed E-state index contributed by atoms with van der Waals surface area (Å²) in [6.07, 6.45) is -1.42. The first-order valence-corrected chi connectivity index (χ1v) is 11.2. The van der Waals surface area contributed by atoms with Crippen LogP contribution < -0.4 is 5.32 Å². The van der Waals surface area contributed by atoms with Gasteiger partial charge in [-0.3, -0.25) is 14.5 Å². The summed E-state index contributed by atoms with van der Waals surface area (Å²) in [5.41, 5.74) is 0.901. The van der Waals surface area contributed by atoms with Crippen LogP contribution in [0.4, 0.5) is 0 Å². The Morgan fingerprint density at radius 1 is 1.16 bits per heavy atom. The van der Waals surface area contributed by atoms with Crippen LogP contribution in [-0.2, 0) is 21.4 Å². The number of rotatable bonds is 7. The van der Waals surface area contributed by atoms with E-state index in [1.165, 1.54) is 33.1 Å². The predicted molar refractivity (Wildman–Crippen MR) is 132 cm³/mol. The van der Waals surface area contributed by atoms with Crippen LogP contribution in [0.15, 0.2) is 46.8 Å².